The summed E-state index contributed by atoms with van der Waals surface area (Å²) in [6.07, 6.45) is 5.77. The number of carbonyl (C=O) groups excluding carboxylic acids is 1. The first-order valence-electron chi connectivity index (χ1n) is 8.48. The van der Waals surface area contributed by atoms with Crippen molar-refractivity contribution in [2.24, 2.45) is 7.05 Å². The number of carbonyl (C=O) groups is 2. The number of fused-ring (bicyclic) bond motifs is 1. The Morgan fingerprint density at radius 1 is 1.38 bits per heavy atom. The van der Waals surface area contributed by atoms with Gasteiger partial charge in [-0.3, -0.25) is 9.69 Å². The zero-order chi connectivity index (χ0) is 18.8. The minimum absolute atomic E-state index is 0.310. The third-order valence-electron chi connectivity index (χ3n) is 4.47. The second-order valence-corrected chi connectivity index (χ2v) is 7.94. The highest BCUT2D eigenvalue weighted by atomic mass is 32.2. The molecule has 0 saturated carbocycles. The summed E-state index contributed by atoms with van der Waals surface area (Å²) in [5.41, 5.74) is 1.99. The van der Waals surface area contributed by atoms with E-state index in [-0.39, 0.29) is 5.91 Å². The van der Waals surface area contributed by atoms with Gasteiger partial charge in [0.1, 0.15) is 10.4 Å². The van der Waals surface area contributed by atoms with E-state index in [9.17, 15) is 14.7 Å². The second-order valence-electron chi connectivity index (χ2n) is 6.26. The molecule has 3 rings (SSSR count). The fraction of sp³-hybridized carbons (Fsp3) is 0.316. The molecule has 26 heavy (non-hydrogen) atoms. The van der Waals surface area contributed by atoms with E-state index >= 15 is 0 Å². The number of thiocarbonyl (C=S) groups is 1. The van der Waals surface area contributed by atoms with Gasteiger partial charge in [0.25, 0.3) is 5.91 Å². The van der Waals surface area contributed by atoms with Crippen molar-refractivity contribution in [2.45, 2.75) is 32.2 Å². The summed E-state index contributed by atoms with van der Waals surface area (Å²) >= 11 is 6.49. The van der Waals surface area contributed by atoms with Crippen molar-refractivity contribution in [3.63, 3.8) is 0 Å². The van der Waals surface area contributed by atoms with Crippen LogP contribution in [0.1, 0.15) is 31.7 Å². The number of benzene rings is 1. The minimum atomic E-state index is -1.01. The van der Waals surface area contributed by atoms with E-state index in [0.717, 1.165) is 29.3 Å². The number of unbranched alkanes of at least 4 members (excludes halogenated alkanes) is 1. The number of para-hydroxylation sites is 1. The van der Waals surface area contributed by atoms with Crippen LogP contribution < -0.4 is 0 Å². The van der Waals surface area contributed by atoms with Crippen LogP contribution in [0.4, 0.5) is 0 Å². The van der Waals surface area contributed by atoms with Crippen LogP contribution in [0.3, 0.4) is 0 Å². The Labute approximate surface area is 161 Å². The van der Waals surface area contributed by atoms with Crippen LogP contribution in [0.2, 0.25) is 0 Å². The first kappa shape index (κ1) is 18.7. The molecule has 2 heterocycles. The summed E-state index contributed by atoms with van der Waals surface area (Å²) in [4.78, 5) is 26.2. The molecule has 2 aromatic rings. The normalized spacial score (nSPS) is 17.5. The number of aromatic nitrogens is 1. The smallest absolute Gasteiger partial charge is 0.326 e. The van der Waals surface area contributed by atoms with Crippen LogP contribution in [-0.4, -0.2) is 36.8 Å². The number of hydrogen-bond acceptors (Lipinski definition) is 4. The number of aliphatic carboxylic acids is 1. The van der Waals surface area contributed by atoms with Crippen LogP contribution in [0.15, 0.2) is 35.4 Å². The van der Waals surface area contributed by atoms with Gasteiger partial charge in [0.05, 0.1) is 4.91 Å². The number of aryl methyl sites for hydroxylation is 1. The maximum atomic E-state index is 12.9. The van der Waals surface area contributed by atoms with Crippen molar-refractivity contribution in [3.05, 3.63) is 40.9 Å². The lowest BCUT2D eigenvalue weighted by Crippen LogP contribution is -2.43. The molecule has 0 spiro atoms. The molecule has 1 saturated heterocycles. The van der Waals surface area contributed by atoms with Gasteiger partial charge in [0.15, 0.2) is 0 Å². The Balaban J connectivity index is 1.95. The average Bonchev–Trinajstić information content (AvgIpc) is 3.07. The van der Waals surface area contributed by atoms with Gasteiger partial charge < -0.3 is 9.67 Å². The van der Waals surface area contributed by atoms with Crippen LogP contribution >= 0.6 is 24.0 Å². The highest BCUT2D eigenvalue weighted by Crippen LogP contribution is 2.36. The summed E-state index contributed by atoms with van der Waals surface area (Å²) in [6, 6.07) is 7.04. The topological polar surface area (TPSA) is 62.5 Å². The zero-order valence-corrected chi connectivity index (χ0v) is 16.3. The highest BCUT2D eigenvalue weighted by Gasteiger charge is 2.40. The fourth-order valence-corrected chi connectivity index (χ4v) is 4.49. The van der Waals surface area contributed by atoms with Gasteiger partial charge in [-0.25, -0.2) is 4.79 Å². The van der Waals surface area contributed by atoms with Gasteiger partial charge in [-0.05, 0) is 18.6 Å². The summed E-state index contributed by atoms with van der Waals surface area (Å²) in [7, 11) is 1.95. The maximum absolute atomic E-state index is 12.9. The van der Waals surface area contributed by atoms with E-state index in [1.807, 2.05) is 49.0 Å². The maximum Gasteiger partial charge on any atom is 0.326 e. The van der Waals surface area contributed by atoms with Crippen molar-refractivity contribution in [2.75, 3.05) is 0 Å². The molecule has 5 nitrogen and oxygen atoms in total. The fourth-order valence-electron chi connectivity index (χ4n) is 3.14. The molecular formula is C19H20N2O3S2. The first-order valence-corrected chi connectivity index (χ1v) is 9.70. The van der Waals surface area contributed by atoms with Crippen molar-refractivity contribution < 1.29 is 14.7 Å². The van der Waals surface area contributed by atoms with E-state index in [0.29, 0.717) is 15.6 Å². The Kier molecular flexibility index (Phi) is 5.48. The molecule has 1 aliphatic rings. The molecule has 0 aliphatic carbocycles. The lowest BCUT2D eigenvalue weighted by Gasteiger charge is -2.22. The predicted molar refractivity (Wildman–Crippen MR) is 109 cm³/mol. The number of rotatable bonds is 6. The third-order valence-corrected chi connectivity index (χ3v) is 5.80. The number of carboxylic acids is 1. The monoisotopic (exact) mass is 388 g/mol. The average molecular weight is 389 g/mol. The minimum Gasteiger partial charge on any atom is -0.480 e. The standard InChI is InChI=1S/C19H20N2O3S2/c1-3-4-8-15(18(23)24)21-17(22)16(26-19(21)25)10-12-11-20(2)14-9-6-5-7-13(12)14/h5-7,9-11,15H,3-4,8H2,1-2H3,(H,23,24)/b16-10-. The predicted octanol–water partition coefficient (Wildman–Crippen LogP) is 4.02. The largest absolute Gasteiger partial charge is 0.480 e. The summed E-state index contributed by atoms with van der Waals surface area (Å²) < 4.78 is 2.31. The summed E-state index contributed by atoms with van der Waals surface area (Å²) in [5.74, 6) is -1.34. The lowest BCUT2D eigenvalue weighted by atomic mass is 10.1. The van der Waals surface area contributed by atoms with Crippen LogP contribution in [-0.2, 0) is 16.6 Å². The van der Waals surface area contributed by atoms with Crippen molar-refractivity contribution >= 4 is 57.2 Å². The molecule has 1 amide bonds. The molecule has 1 unspecified atom stereocenters. The van der Waals surface area contributed by atoms with Gasteiger partial charge in [0, 0.05) is 29.7 Å². The molecule has 7 heteroatoms. The molecule has 1 N–H and O–H groups in total. The van der Waals surface area contributed by atoms with Crippen molar-refractivity contribution in [1.82, 2.24) is 9.47 Å². The zero-order valence-electron chi connectivity index (χ0n) is 14.6. The quantitative estimate of drug-likeness (QED) is 0.598. The summed E-state index contributed by atoms with van der Waals surface area (Å²) in [6.45, 7) is 1.99. The molecule has 1 aromatic heterocycles. The van der Waals surface area contributed by atoms with E-state index in [1.165, 1.54) is 16.7 Å². The van der Waals surface area contributed by atoms with Gasteiger partial charge >= 0.3 is 5.97 Å². The molecule has 0 bridgehead atoms. The molecular weight excluding hydrogens is 368 g/mol. The SMILES string of the molecule is CCCCC(C(=O)O)N1C(=O)/C(=C/c2cn(C)c3ccccc23)SC1=S. The molecule has 1 aromatic carbocycles. The third kappa shape index (κ3) is 3.41. The lowest BCUT2D eigenvalue weighted by molar-refractivity contribution is -0.145. The van der Waals surface area contributed by atoms with Crippen molar-refractivity contribution in [1.29, 1.82) is 0 Å². The van der Waals surface area contributed by atoms with Crippen LogP contribution in [0.25, 0.3) is 17.0 Å². The van der Waals surface area contributed by atoms with E-state index in [2.05, 4.69) is 0 Å². The Morgan fingerprint density at radius 3 is 2.81 bits per heavy atom. The summed E-state index contributed by atoms with van der Waals surface area (Å²) in [5, 5.41) is 10.6. The Bertz CT molecular complexity index is 917. The number of hydrogen-bond donors (Lipinski definition) is 1. The first-order chi connectivity index (χ1) is 12.4. The van der Waals surface area contributed by atoms with Gasteiger partial charge in [-0.2, -0.15) is 0 Å². The van der Waals surface area contributed by atoms with E-state index < -0.39 is 12.0 Å². The van der Waals surface area contributed by atoms with Crippen LogP contribution in [0, 0.1) is 0 Å². The molecule has 1 atom stereocenters. The van der Waals surface area contributed by atoms with E-state index in [4.69, 9.17) is 12.2 Å². The second kappa shape index (κ2) is 7.63. The van der Waals surface area contributed by atoms with Gasteiger partial charge in [-0.15, -0.1) is 0 Å². The highest BCUT2D eigenvalue weighted by molar-refractivity contribution is 8.26. The Morgan fingerprint density at radius 2 is 2.12 bits per heavy atom. The number of thioether (sulfide) groups is 1. The molecule has 0 radical (unpaired) electrons. The number of carboxylic acid groups (broad SMARTS) is 1. The molecule has 136 valence electrons. The van der Waals surface area contributed by atoms with Crippen molar-refractivity contribution in [3.8, 4) is 0 Å². The van der Waals surface area contributed by atoms with Crippen LogP contribution in [0.5, 0.6) is 0 Å². The van der Waals surface area contributed by atoms with E-state index in [1.54, 1.807) is 6.08 Å². The van der Waals surface area contributed by atoms with Gasteiger partial charge in [0.2, 0.25) is 0 Å². The number of amides is 1. The Hall–Kier alpha value is -2.12. The van der Waals surface area contributed by atoms with Gasteiger partial charge in [-0.1, -0.05) is 61.9 Å². The molecule has 1 aliphatic heterocycles. The molecule has 1 fully saturated rings. The number of nitrogens with zero attached hydrogens (tertiary/aromatic N) is 2.